The van der Waals surface area contributed by atoms with Gasteiger partial charge >= 0.3 is 0 Å². The predicted molar refractivity (Wildman–Crippen MR) is 67.5 cm³/mol. The van der Waals surface area contributed by atoms with Gasteiger partial charge in [0.1, 0.15) is 0 Å². The number of nitrogens with two attached hydrogens (primary N) is 1. The topological polar surface area (TPSA) is 56.7 Å². The van der Waals surface area contributed by atoms with E-state index in [0.717, 1.165) is 30.8 Å². The first-order chi connectivity index (χ1) is 8.35. The molecule has 4 nitrogen and oxygen atoms in total. The normalized spacial score (nSPS) is 10.7. The number of rotatable bonds is 5. The standard InChI is InChI=1S/C13H18N4/c1-2-8-17-13(12(10-14)15-16-17)9-11-6-4-3-5-7-11/h3-7H,2,8-10,14H2,1H3. The Labute approximate surface area is 101 Å². The summed E-state index contributed by atoms with van der Waals surface area (Å²) < 4.78 is 1.97. The van der Waals surface area contributed by atoms with Crippen molar-refractivity contribution in [3.63, 3.8) is 0 Å². The van der Waals surface area contributed by atoms with Gasteiger partial charge < -0.3 is 5.73 Å². The number of hydrogen-bond donors (Lipinski definition) is 1. The van der Waals surface area contributed by atoms with Crippen LogP contribution in [-0.2, 0) is 19.5 Å². The van der Waals surface area contributed by atoms with Crippen molar-refractivity contribution in [2.75, 3.05) is 0 Å². The Kier molecular flexibility index (Phi) is 3.88. The van der Waals surface area contributed by atoms with Gasteiger partial charge in [0.15, 0.2) is 0 Å². The quantitative estimate of drug-likeness (QED) is 0.851. The lowest BCUT2D eigenvalue weighted by Crippen LogP contribution is -2.08. The summed E-state index contributed by atoms with van der Waals surface area (Å²) in [6.07, 6.45) is 1.90. The Balaban J connectivity index is 2.26. The average molecular weight is 230 g/mol. The van der Waals surface area contributed by atoms with E-state index in [-0.39, 0.29) is 0 Å². The molecule has 0 unspecified atom stereocenters. The molecule has 0 aliphatic carbocycles. The molecule has 2 N–H and O–H groups in total. The first-order valence-electron chi connectivity index (χ1n) is 6.00. The van der Waals surface area contributed by atoms with Gasteiger partial charge in [-0.15, -0.1) is 5.10 Å². The van der Waals surface area contributed by atoms with Crippen LogP contribution in [0.5, 0.6) is 0 Å². The molecule has 90 valence electrons. The van der Waals surface area contributed by atoms with Gasteiger partial charge in [-0.2, -0.15) is 0 Å². The van der Waals surface area contributed by atoms with Gasteiger partial charge in [-0.05, 0) is 12.0 Å². The van der Waals surface area contributed by atoms with Gasteiger partial charge in [0.2, 0.25) is 0 Å². The van der Waals surface area contributed by atoms with E-state index in [4.69, 9.17) is 5.73 Å². The van der Waals surface area contributed by atoms with Crippen LogP contribution in [0.25, 0.3) is 0 Å². The average Bonchev–Trinajstić information content (AvgIpc) is 2.74. The van der Waals surface area contributed by atoms with Crippen LogP contribution < -0.4 is 5.73 Å². The molecule has 1 aromatic heterocycles. The molecule has 0 radical (unpaired) electrons. The molecule has 4 heteroatoms. The molecule has 1 heterocycles. The van der Waals surface area contributed by atoms with Crippen molar-refractivity contribution in [3.8, 4) is 0 Å². The molecular weight excluding hydrogens is 212 g/mol. The predicted octanol–water partition coefficient (Wildman–Crippen LogP) is 1.74. The van der Waals surface area contributed by atoms with E-state index in [1.165, 1.54) is 5.56 Å². The summed E-state index contributed by atoms with van der Waals surface area (Å²) >= 11 is 0. The molecule has 0 fully saturated rings. The summed E-state index contributed by atoms with van der Waals surface area (Å²) in [5, 5.41) is 8.30. The molecule has 0 spiro atoms. The van der Waals surface area contributed by atoms with E-state index >= 15 is 0 Å². The zero-order chi connectivity index (χ0) is 12.1. The van der Waals surface area contributed by atoms with Crippen molar-refractivity contribution in [2.24, 2.45) is 5.73 Å². The summed E-state index contributed by atoms with van der Waals surface area (Å²) in [5.41, 5.74) is 9.01. The summed E-state index contributed by atoms with van der Waals surface area (Å²) in [7, 11) is 0. The van der Waals surface area contributed by atoms with Crippen molar-refractivity contribution in [1.29, 1.82) is 0 Å². The zero-order valence-electron chi connectivity index (χ0n) is 10.1. The van der Waals surface area contributed by atoms with Crippen molar-refractivity contribution in [1.82, 2.24) is 15.0 Å². The number of aromatic nitrogens is 3. The highest BCUT2D eigenvalue weighted by molar-refractivity contribution is 5.23. The maximum absolute atomic E-state index is 5.70. The van der Waals surface area contributed by atoms with Crippen LogP contribution in [0.3, 0.4) is 0 Å². The zero-order valence-corrected chi connectivity index (χ0v) is 10.1. The van der Waals surface area contributed by atoms with Gasteiger partial charge in [0.25, 0.3) is 0 Å². The highest BCUT2D eigenvalue weighted by Gasteiger charge is 2.11. The molecule has 0 atom stereocenters. The summed E-state index contributed by atoms with van der Waals surface area (Å²) in [5.74, 6) is 0. The van der Waals surface area contributed by atoms with Gasteiger partial charge in [-0.3, -0.25) is 0 Å². The van der Waals surface area contributed by atoms with Crippen LogP contribution in [0, 0.1) is 0 Å². The first kappa shape index (κ1) is 11.8. The molecular formula is C13H18N4. The molecule has 0 aliphatic heterocycles. The summed E-state index contributed by atoms with van der Waals surface area (Å²) in [6.45, 7) is 3.48. The van der Waals surface area contributed by atoms with Crippen LogP contribution >= 0.6 is 0 Å². The van der Waals surface area contributed by atoms with Crippen LogP contribution in [0.2, 0.25) is 0 Å². The van der Waals surface area contributed by atoms with Crippen molar-refractivity contribution in [2.45, 2.75) is 32.9 Å². The molecule has 2 rings (SSSR count). The minimum absolute atomic E-state index is 0.450. The van der Waals surface area contributed by atoms with Crippen molar-refractivity contribution in [3.05, 3.63) is 47.3 Å². The third-order valence-corrected chi connectivity index (χ3v) is 2.76. The highest BCUT2D eigenvalue weighted by Crippen LogP contribution is 2.12. The third kappa shape index (κ3) is 2.71. The Morgan fingerprint density at radius 1 is 1.24 bits per heavy atom. The largest absolute Gasteiger partial charge is 0.325 e. The van der Waals surface area contributed by atoms with Crippen LogP contribution in [0.4, 0.5) is 0 Å². The van der Waals surface area contributed by atoms with Gasteiger partial charge in [0, 0.05) is 19.5 Å². The maximum atomic E-state index is 5.70. The fourth-order valence-electron chi connectivity index (χ4n) is 1.90. The lowest BCUT2D eigenvalue weighted by molar-refractivity contribution is 0.560. The number of hydrogen-bond acceptors (Lipinski definition) is 3. The van der Waals surface area contributed by atoms with E-state index in [0.29, 0.717) is 6.54 Å². The number of aryl methyl sites for hydroxylation is 1. The minimum atomic E-state index is 0.450. The third-order valence-electron chi connectivity index (χ3n) is 2.76. The highest BCUT2D eigenvalue weighted by atomic mass is 15.4. The fraction of sp³-hybridized carbons (Fsp3) is 0.385. The molecule has 0 aliphatic rings. The van der Waals surface area contributed by atoms with Gasteiger partial charge in [0.05, 0.1) is 11.4 Å². The van der Waals surface area contributed by atoms with Gasteiger partial charge in [-0.25, -0.2) is 4.68 Å². The van der Waals surface area contributed by atoms with Gasteiger partial charge in [-0.1, -0.05) is 42.5 Å². The Hall–Kier alpha value is -1.68. The SMILES string of the molecule is CCCn1nnc(CN)c1Cc1ccccc1. The van der Waals surface area contributed by atoms with Crippen molar-refractivity contribution < 1.29 is 0 Å². The van der Waals surface area contributed by atoms with E-state index in [1.54, 1.807) is 0 Å². The molecule has 0 amide bonds. The fourth-order valence-corrected chi connectivity index (χ4v) is 1.90. The van der Waals surface area contributed by atoms with Crippen LogP contribution in [0.1, 0.15) is 30.3 Å². The molecule has 0 saturated carbocycles. The van der Waals surface area contributed by atoms with Crippen LogP contribution in [-0.4, -0.2) is 15.0 Å². The lowest BCUT2D eigenvalue weighted by atomic mass is 10.1. The van der Waals surface area contributed by atoms with Crippen LogP contribution in [0.15, 0.2) is 30.3 Å². The van der Waals surface area contributed by atoms with E-state index < -0.39 is 0 Å². The Bertz CT molecular complexity index is 462. The Morgan fingerprint density at radius 3 is 2.65 bits per heavy atom. The molecule has 0 bridgehead atoms. The second-order valence-electron chi connectivity index (χ2n) is 4.07. The van der Waals surface area contributed by atoms with E-state index in [9.17, 15) is 0 Å². The maximum Gasteiger partial charge on any atom is 0.0998 e. The van der Waals surface area contributed by atoms with E-state index in [1.807, 2.05) is 22.9 Å². The first-order valence-corrected chi connectivity index (χ1v) is 6.00. The summed E-state index contributed by atoms with van der Waals surface area (Å²) in [6, 6.07) is 10.3. The van der Waals surface area contributed by atoms with E-state index in [2.05, 4.69) is 29.4 Å². The monoisotopic (exact) mass is 230 g/mol. The molecule has 1 aromatic carbocycles. The Morgan fingerprint density at radius 2 is 2.00 bits per heavy atom. The molecule has 2 aromatic rings. The second kappa shape index (κ2) is 5.59. The number of nitrogens with zero attached hydrogens (tertiary/aromatic N) is 3. The lowest BCUT2D eigenvalue weighted by Gasteiger charge is -2.06. The minimum Gasteiger partial charge on any atom is -0.325 e. The summed E-state index contributed by atoms with van der Waals surface area (Å²) in [4.78, 5) is 0. The van der Waals surface area contributed by atoms with Crippen molar-refractivity contribution >= 4 is 0 Å². The number of benzene rings is 1. The second-order valence-corrected chi connectivity index (χ2v) is 4.07. The smallest absolute Gasteiger partial charge is 0.0998 e. The molecule has 0 saturated heterocycles. The molecule has 17 heavy (non-hydrogen) atoms.